The van der Waals surface area contributed by atoms with Gasteiger partial charge in [-0.1, -0.05) is 30.3 Å². The van der Waals surface area contributed by atoms with Crippen LogP contribution in [0, 0.1) is 13.8 Å². The van der Waals surface area contributed by atoms with E-state index in [2.05, 4.69) is 10.6 Å². The van der Waals surface area contributed by atoms with Crippen LogP contribution >= 0.6 is 0 Å². The number of hydrogen-bond donors (Lipinski definition) is 2. The second kappa shape index (κ2) is 9.71. The van der Waals surface area contributed by atoms with Crippen LogP contribution < -0.4 is 10.6 Å². The van der Waals surface area contributed by atoms with Crippen LogP contribution in [0.5, 0.6) is 0 Å². The van der Waals surface area contributed by atoms with Gasteiger partial charge in [0.25, 0.3) is 11.8 Å². The summed E-state index contributed by atoms with van der Waals surface area (Å²) in [5.74, 6) is -0.770. The van der Waals surface area contributed by atoms with Crippen LogP contribution in [-0.4, -0.2) is 36.2 Å². The summed E-state index contributed by atoms with van der Waals surface area (Å²) in [5, 5.41) is 5.65. The van der Waals surface area contributed by atoms with Crippen molar-refractivity contribution in [1.29, 1.82) is 0 Å². The molecule has 6 nitrogen and oxygen atoms in total. The van der Waals surface area contributed by atoms with Crippen LogP contribution in [-0.2, 0) is 4.79 Å². The van der Waals surface area contributed by atoms with E-state index < -0.39 is 0 Å². The van der Waals surface area contributed by atoms with Crippen molar-refractivity contribution < 1.29 is 14.4 Å². The van der Waals surface area contributed by atoms with Gasteiger partial charge >= 0.3 is 0 Å². The van der Waals surface area contributed by atoms with Gasteiger partial charge in [-0.15, -0.1) is 0 Å². The zero-order chi connectivity index (χ0) is 22.4. The number of carbonyl (C=O) groups is 3. The van der Waals surface area contributed by atoms with Crippen molar-refractivity contribution in [2.24, 2.45) is 0 Å². The van der Waals surface area contributed by atoms with Crippen LogP contribution in [0.2, 0.25) is 0 Å². The maximum Gasteiger partial charge on any atom is 0.255 e. The summed E-state index contributed by atoms with van der Waals surface area (Å²) in [5.41, 5.74) is 4.39. The molecule has 3 rings (SSSR count). The summed E-state index contributed by atoms with van der Waals surface area (Å²) in [7, 11) is 1.58. The lowest BCUT2D eigenvalue weighted by molar-refractivity contribution is -0.116. The topological polar surface area (TPSA) is 78.5 Å². The molecular formula is C25H25N3O3. The third kappa shape index (κ3) is 5.57. The van der Waals surface area contributed by atoms with E-state index in [0.717, 1.165) is 16.8 Å². The highest BCUT2D eigenvalue weighted by Gasteiger charge is 2.16. The minimum absolute atomic E-state index is 0.0707. The number of nitrogens with zero attached hydrogens (tertiary/aromatic N) is 1. The zero-order valence-corrected chi connectivity index (χ0v) is 17.8. The standard InChI is InChI=1S/C25H25N3O3/c1-17-8-7-11-22(18(17)2)27-23(29)16-28(3)25(31)20-12-14-21(15-13-20)26-24(30)19-9-5-4-6-10-19/h4-15H,16H2,1-3H3,(H,26,30)(H,27,29). The van der Waals surface area contributed by atoms with Crippen molar-refractivity contribution in [1.82, 2.24) is 4.90 Å². The van der Waals surface area contributed by atoms with Gasteiger partial charge in [0.1, 0.15) is 0 Å². The molecule has 3 aromatic carbocycles. The molecule has 0 atom stereocenters. The molecule has 0 fully saturated rings. The molecule has 0 aliphatic heterocycles. The normalized spacial score (nSPS) is 10.3. The Labute approximate surface area is 181 Å². The first-order valence-corrected chi connectivity index (χ1v) is 9.93. The SMILES string of the molecule is Cc1cccc(NC(=O)CN(C)C(=O)c2ccc(NC(=O)c3ccccc3)cc2)c1C. The quantitative estimate of drug-likeness (QED) is 0.631. The first-order chi connectivity index (χ1) is 14.8. The number of anilines is 2. The van der Waals surface area contributed by atoms with Crippen LogP contribution in [0.4, 0.5) is 11.4 Å². The molecule has 0 saturated carbocycles. The Kier molecular flexibility index (Phi) is 6.82. The van der Waals surface area contributed by atoms with Gasteiger partial charge in [0.15, 0.2) is 0 Å². The van der Waals surface area contributed by atoms with Crippen molar-refractivity contribution in [3.8, 4) is 0 Å². The molecule has 0 heterocycles. The minimum Gasteiger partial charge on any atom is -0.332 e. The predicted octanol–water partition coefficient (Wildman–Crippen LogP) is 4.27. The van der Waals surface area contributed by atoms with E-state index in [9.17, 15) is 14.4 Å². The fraction of sp³-hybridized carbons (Fsp3) is 0.160. The van der Waals surface area contributed by atoms with E-state index in [4.69, 9.17) is 0 Å². The average molecular weight is 415 g/mol. The highest BCUT2D eigenvalue weighted by atomic mass is 16.2. The first kappa shape index (κ1) is 21.8. The summed E-state index contributed by atoms with van der Waals surface area (Å²) in [4.78, 5) is 38.6. The minimum atomic E-state index is -0.281. The molecule has 6 heteroatoms. The van der Waals surface area contributed by atoms with E-state index in [0.29, 0.717) is 16.8 Å². The van der Waals surface area contributed by atoms with Gasteiger partial charge in [-0.25, -0.2) is 0 Å². The van der Waals surface area contributed by atoms with Crippen molar-refractivity contribution in [2.75, 3.05) is 24.2 Å². The predicted molar refractivity (Wildman–Crippen MR) is 122 cm³/mol. The van der Waals surface area contributed by atoms with Gasteiger partial charge in [-0.2, -0.15) is 0 Å². The van der Waals surface area contributed by atoms with E-state index >= 15 is 0 Å². The number of likely N-dealkylation sites (N-methyl/N-ethyl adjacent to an activating group) is 1. The number of carbonyl (C=O) groups excluding carboxylic acids is 3. The second-order valence-electron chi connectivity index (χ2n) is 7.35. The van der Waals surface area contributed by atoms with Gasteiger partial charge in [0.2, 0.25) is 5.91 Å². The van der Waals surface area contributed by atoms with E-state index in [-0.39, 0.29) is 24.3 Å². The summed E-state index contributed by atoms with van der Waals surface area (Å²) in [6.07, 6.45) is 0. The average Bonchev–Trinajstić information content (AvgIpc) is 2.77. The Morgan fingerprint density at radius 2 is 1.45 bits per heavy atom. The molecule has 0 bridgehead atoms. The van der Waals surface area contributed by atoms with Crippen LogP contribution in [0.15, 0.2) is 72.8 Å². The molecule has 2 N–H and O–H groups in total. The Balaban J connectivity index is 1.58. The third-order valence-corrected chi connectivity index (χ3v) is 5.03. The molecule has 158 valence electrons. The molecule has 0 unspecified atom stereocenters. The van der Waals surface area contributed by atoms with Crippen LogP contribution in [0.3, 0.4) is 0 Å². The summed E-state index contributed by atoms with van der Waals surface area (Å²) in [6.45, 7) is 3.85. The monoisotopic (exact) mass is 415 g/mol. The van der Waals surface area contributed by atoms with Crippen LogP contribution in [0.1, 0.15) is 31.8 Å². The maximum atomic E-state index is 12.7. The Hall–Kier alpha value is -3.93. The van der Waals surface area contributed by atoms with E-state index in [1.54, 1.807) is 55.6 Å². The summed E-state index contributed by atoms with van der Waals surface area (Å²) >= 11 is 0. The second-order valence-corrected chi connectivity index (χ2v) is 7.35. The zero-order valence-electron chi connectivity index (χ0n) is 17.8. The van der Waals surface area contributed by atoms with Gasteiger partial charge in [-0.3, -0.25) is 14.4 Å². The Morgan fingerprint density at radius 3 is 2.13 bits per heavy atom. The highest BCUT2D eigenvalue weighted by Crippen LogP contribution is 2.18. The van der Waals surface area contributed by atoms with Gasteiger partial charge < -0.3 is 15.5 Å². The number of hydrogen-bond acceptors (Lipinski definition) is 3. The third-order valence-electron chi connectivity index (χ3n) is 5.03. The molecule has 0 aromatic heterocycles. The van der Waals surface area contributed by atoms with Crippen molar-refractivity contribution in [3.05, 3.63) is 95.1 Å². The first-order valence-electron chi connectivity index (χ1n) is 9.93. The van der Waals surface area contributed by atoms with E-state index in [1.807, 2.05) is 38.1 Å². The number of nitrogens with one attached hydrogen (secondary N) is 2. The lowest BCUT2D eigenvalue weighted by atomic mass is 10.1. The molecule has 31 heavy (non-hydrogen) atoms. The smallest absolute Gasteiger partial charge is 0.255 e. The van der Waals surface area contributed by atoms with Gasteiger partial charge in [-0.05, 0) is 67.4 Å². The molecular weight excluding hydrogens is 390 g/mol. The van der Waals surface area contributed by atoms with Gasteiger partial charge in [0, 0.05) is 29.5 Å². The fourth-order valence-electron chi connectivity index (χ4n) is 3.07. The van der Waals surface area contributed by atoms with Crippen molar-refractivity contribution in [3.63, 3.8) is 0 Å². The van der Waals surface area contributed by atoms with Crippen molar-refractivity contribution in [2.45, 2.75) is 13.8 Å². The number of rotatable bonds is 6. The molecule has 0 radical (unpaired) electrons. The Morgan fingerprint density at radius 1 is 0.774 bits per heavy atom. The lowest BCUT2D eigenvalue weighted by Crippen LogP contribution is -2.35. The Bertz CT molecular complexity index is 1090. The highest BCUT2D eigenvalue weighted by molar-refractivity contribution is 6.04. The molecule has 0 saturated heterocycles. The molecule has 0 aliphatic carbocycles. The maximum absolute atomic E-state index is 12.7. The summed E-state index contributed by atoms with van der Waals surface area (Å²) in [6, 6.07) is 21.2. The number of aryl methyl sites for hydroxylation is 1. The summed E-state index contributed by atoms with van der Waals surface area (Å²) < 4.78 is 0. The molecule has 3 amide bonds. The molecule has 0 spiro atoms. The van der Waals surface area contributed by atoms with Gasteiger partial charge in [0.05, 0.1) is 6.54 Å². The lowest BCUT2D eigenvalue weighted by Gasteiger charge is -2.18. The van der Waals surface area contributed by atoms with Crippen LogP contribution in [0.25, 0.3) is 0 Å². The molecule has 0 aliphatic rings. The molecule has 3 aromatic rings. The number of amides is 3. The number of benzene rings is 3. The van der Waals surface area contributed by atoms with Crippen molar-refractivity contribution >= 4 is 29.1 Å². The fourth-order valence-corrected chi connectivity index (χ4v) is 3.07. The van der Waals surface area contributed by atoms with E-state index in [1.165, 1.54) is 4.90 Å². The largest absolute Gasteiger partial charge is 0.332 e.